The van der Waals surface area contributed by atoms with Crippen molar-refractivity contribution in [2.45, 2.75) is 63.0 Å². The molecule has 0 aromatic carbocycles. The second-order valence-electron chi connectivity index (χ2n) is 8.33. The molecule has 1 N–H and O–H groups in total. The number of carbonyl (C=O) groups is 1. The molecule has 3 heterocycles. The van der Waals surface area contributed by atoms with Crippen LogP contribution in [-0.2, 0) is 16.0 Å². The summed E-state index contributed by atoms with van der Waals surface area (Å²) in [6.07, 6.45) is 8.06. The molecule has 2 aromatic rings. The monoisotopic (exact) mass is 417 g/mol. The summed E-state index contributed by atoms with van der Waals surface area (Å²) in [5.41, 5.74) is 1.13. The Morgan fingerprint density at radius 2 is 2.00 bits per heavy atom. The van der Waals surface area contributed by atoms with Gasteiger partial charge < -0.3 is 14.6 Å². The van der Waals surface area contributed by atoms with Gasteiger partial charge in [0.2, 0.25) is 5.88 Å². The van der Waals surface area contributed by atoms with E-state index in [0.717, 1.165) is 80.6 Å². The van der Waals surface area contributed by atoms with Gasteiger partial charge in [-0.2, -0.15) is 0 Å². The lowest BCUT2D eigenvalue weighted by atomic mass is 9.91. The van der Waals surface area contributed by atoms with Crippen molar-refractivity contribution >= 4 is 27.5 Å². The van der Waals surface area contributed by atoms with E-state index in [0.29, 0.717) is 11.9 Å². The van der Waals surface area contributed by atoms with Crippen LogP contribution in [0.5, 0.6) is 5.88 Å². The lowest BCUT2D eigenvalue weighted by Crippen LogP contribution is -2.46. The Morgan fingerprint density at radius 3 is 2.76 bits per heavy atom. The standard InChI is InChI=1S/C21H27N3O4S/c25-17(26)11-13-1-6-16-18(13)19-20(22-12-23-21(19)29-16)28-15-4-2-14(3-5-15)24-7-9-27-10-8-24/h12-15H,1-11H2,(H,25,26)/t13-,14?,15?/m1/s1. The summed E-state index contributed by atoms with van der Waals surface area (Å²) in [6, 6.07) is 0.634. The normalized spacial score (nSPS) is 27.8. The van der Waals surface area contributed by atoms with Crippen molar-refractivity contribution in [3.63, 3.8) is 0 Å². The summed E-state index contributed by atoms with van der Waals surface area (Å²) in [4.78, 5) is 25.0. The fraction of sp³-hybridized carbons (Fsp3) is 0.667. The summed E-state index contributed by atoms with van der Waals surface area (Å²) >= 11 is 1.67. The third kappa shape index (κ3) is 3.85. The van der Waals surface area contributed by atoms with Crippen molar-refractivity contribution in [2.24, 2.45) is 0 Å². The van der Waals surface area contributed by atoms with Gasteiger partial charge in [0, 0.05) is 24.0 Å². The number of carboxylic acids is 1. The van der Waals surface area contributed by atoms with Gasteiger partial charge in [0.1, 0.15) is 17.3 Å². The number of ether oxygens (including phenoxy) is 2. The summed E-state index contributed by atoms with van der Waals surface area (Å²) in [5, 5.41) is 10.3. The fourth-order valence-corrected chi connectivity index (χ4v) is 6.40. The van der Waals surface area contributed by atoms with E-state index in [9.17, 15) is 9.90 Å². The van der Waals surface area contributed by atoms with Crippen LogP contribution in [0, 0.1) is 0 Å². The first kappa shape index (κ1) is 19.2. The molecule has 3 aliphatic rings. The molecule has 7 nitrogen and oxygen atoms in total. The van der Waals surface area contributed by atoms with Crippen LogP contribution in [0.2, 0.25) is 0 Å². The maximum Gasteiger partial charge on any atom is 0.303 e. The van der Waals surface area contributed by atoms with Gasteiger partial charge in [0.25, 0.3) is 0 Å². The van der Waals surface area contributed by atoms with Crippen molar-refractivity contribution in [1.29, 1.82) is 0 Å². The SMILES string of the molecule is O=C(O)C[C@H]1CCc2sc3ncnc(OC4CCC(N5CCOCC5)CC4)c3c21. The van der Waals surface area contributed by atoms with E-state index in [1.807, 2.05) is 0 Å². The number of aliphatic carboxylic acids is 1. The topological polar surface area (TPSA) is 84.8 Å². The molecule has 8 heteroatoms. The van der Waals surface area contributed by atoms with Crippen molar-refractivity contribution in [3.05, 3.63) is 16.8 Å². The minimum absolute atomic E-state index is 0.0432. The third-order valence-corrected chi connectivity index (χ3v) is 7.77. The number of fused-ring (bicyclic) bond motifs is 3. The Morgan fingerprint density at radius 1 is 1.21 bits per heavy atom. The number of rotatable bonds is 5. The predicted molar refractivity (Wildman–Crippen MR) is 110 cm³/mol. The Balaban J connectivity index is 1.32. The highest BCUT2D eigenvalue weighted by molar-refractivity contribution is 7.19. The van der Waals surface area contributed by atoms with Crippen LogP contribution in [0.4, 0.5) is 0 Å². The average molecular weight is 418 g/mol. The van der Waals surface area contributed by atoms with Crippen LogP contribution in [0.25, 0.3) is 10.2 Å². The molecule has 0 bridgehead atoms. The average Bonchev–Trinajstić information content (AvgIpc) is 3.29. The van der Waals surface area contributed by atoms with Crippen LogP contribution < -0.4 is 4.74 Å². The molecule has 0 radical (unpaired) electrons. The highest BCUT2D eigenvalue weighted by Gasteiger charge is 2.33. The first-order valence-corrected chi connectivity index (χ1v) is 11.5. The minimum Gasteiger partial charge on any atom is -0.481 e. The highest BCUT2D eigenvalue weighted by Crippen LogP contribution is 2.47. The fourth-order valence-electron chi connectivity index (χ4n) is 5.17. The zero-order valence-electron chi connectivity index (χ0n) is 16.5. The number of morpholine rings is 1. The lowest BCUT2D eigenvalue weighted by molar-refractivity contribution is -0.137. The van der Waals surface area contributed by atoms with E-state index in [2.05, 4.69) is 14.9 Å². The van der Waals surface area contributed by atoms with E-state index in [-0.39, 0.29) is 18.4 Å². The summed E-state index contributed by atoms with van der Waals surface area (Å²) in [7, 11) is 0. The molecule has 1 saturated carbocycles. The van der Waals surface area contributed by atoms with Gasteiger partial charge in [-0.15, -0.1) is 11.3 Å². The summed E-state index contributed by atoms with van der Waals surface area (Å²) in [6.45, 7) is 3.76. The molecule has 0 amide bonds. The maximum absolute atomic E-state index is 11.3. The van der Waals surface area contributed by atoms with Crippen LogP contribution in [0.15, 0.2) is 6.33 Å². The molecular formula is C21H27N3O4S. The molecule has 5 rings (SSSR count). The van der Waals surface area contributed by atoms with Crippen LogP contribution in [0.3, 0.4) is 0 Å². The smallest absolute Gasteiger partial charge is 0.303 e. The van der Waals surface area contributed by atoms with Gasteiger partial charge in [-0.3, -0.25) is 9.69 Å². The van der Waals surface area contributed by atoms with E-state index in [1.165, 1.54) is 4.88 Å². The van der Waals surface area contributed by atoms with Gasteiger partial charge >= 0.3 is 5.97 Å². The number of nitrogens with zero attached hydrogens (tertiary/aromatic N) is 3. The Bertz CT molecular complexity index is 887. The quantitative estimate of drug-likeness (QED) is 0.799. The molecule has 2 aromatic heterocycles. The van der Waals surface area contributed by atoms with Gasteiger partial charge in [0.05, 0.1) is 25.0 Å². The third-order valence-electron chi connectivity index (χ3n) is 6.60. The first-order chi connectivity index (χ1) is 14.2. The Kier molecular flexibility index (Phi) is 5.41. The number of aromatic nitrogens is 2. The molecule has 0 unspecified atom stereocenters. The van der Waals surface area contributed by atoms with E-state index in [4.69, 9.17) is 9.47 Å². The van der Waals surface area contributed by atoms with Crippen molar-refractivity contribution < 1.29 is 19.4 Å². The maximum atomic E-state index is 11.3. The number of hydrogen-bond donors (Lipinski definition) is 1. The molecule has 29 heavy (non-hydrogen) atoms. The number of thiophene rings is 1. The zero-order chi connectivity index (χ0) is 19.8. The molecule has 2 fully saturated rings. The van der Waals surface area contributed by atoms with Crippen molar-refractivity contribution in [2.75, 3.05) is 26.3 Å². The first-order valence-electron chi connectivity index (χ1n) is 10.7. The number of hydrogen-bond acceptors (Lipinski definition) is 7. The molecule has 156 valence electrons. The molecule has 1 aliphatic heterocycles. The highest BCUT2D eigenvalue weighted by atomic mass is 32.1. The molecule has 1 saturated heterocycles. The molecule has 1 atom stereocenters. The van der Waals surface area contributed by atoms with Crippen LogP contribution >= 0.6 is 11.3 Å². The van der Waals surface area contributed by atoms with E-state index in [1.54, 1.807) is 17.7 Å². The summed E-state index contributed by atoms with van der Waals surface area (Å²) < 4.78 is 11.9. The molecule has 0 spiro atoms. The van der Waals surface area contributed by atoms with Gasteiger partial charge in [-0.1, -0.05) is 0 Å². The zero-order valence-corrected chi connectivity index (χ0v) is 17.3. The largest absolute Gasteiger partial charge is 0.481 e. The van der Waals surface area contributed by atoms with Crippen LogP contribution in [-0.4, -0.2) is 64.4 Å². The minimum atomic E-state index is -0.747. The lowest BCUT2D eigenvalue weighted by Gasteiger charge is -2.38. The molecular weight excluding hydrogens is 390 g/mol. The van der Waals surface area contributed by atoms with E-state index < -0.39 is 5.97 Å². The number of aryl methyl sites for hydroxylation is 1. The number of carboxylic acid groups (broad SMARTS) is 1. The predicted octanol–water partition coefficient (Wildman–Crippen LogP) is 3.22. The molecule has 2 aliphatic carbocycles. The van der Waals surface area contributed by atoms with Crippen molar-refractivity contribution in [1.82, 2.24) is 14.9 Å². The Labute approximate surface area is 174 Å². The van der Waals surface area contributed by atoms with Gasteiger partial charge in [0.15, 0.2) is 0 Å². The van der Waals surface area contributed by atoms with Crippen molar-refractivity contribution in [3.8, 4) is 5.88 Å². The Hall–Kier alpha value is -1.77. The summed E-state index contributed by atoms with van der Waals surface area (Å²) in [5.74, 6) is -0.0516. The second-order valence-corrected chi connectivity index (χ2v) is 9.41. The van der Waals surface area contributed by atoms with Gasteiger partial charge in [-0.05, 0) is 50.0 Å². The van der Waals surface area contributed by atoms with Crippen LogP contribution in [0.1, 0.15) is 54.9 Å². The van der Waals surface area contributed by atoms with E-state index >= 15 is 0 Å². The second kappa shape index (κ2) is 8.16. The van der Waals surface area contributed by atoms with Gasteiger partial charge in [-0.25, -0.2) is 9.97 Å².